The first-order valence-electron chi connectivity index (χ1n) is 13.5. The second-order valence-corrected chi connectivity index (χ2v) is 11.0. The summed E-state index contributed by atoms with van der Waals surface area (Å²) in [5, 5.41) is 3.53. The van der Waals surface area contributed by atoms with Crippen molar-refractivity contribution in [1.29, 1.82) is 0 Å². The normalized spacial score (nSPS) is 14.8. The number of fused-ring (bicyclic) bond motifs is 1. The summed E-state index contributed by atoms with van der Waals surface area (Å²) in [4.78, 5) is 38.7. The van der Waals surface area contributed by atoms with Crippen molar-refractivity contribution in [2.75, 3.05) is 18.6 Å². The van der Waals surface area contributed by atoms with Gasteiger partial charge < -0.3 is 15.0 Å². The molecule has 6 rings (SSSR count). The fourth-order valence-corrected chi connectivity index (χ4v) is 6.11. The summed E-state index contributed by atoms with van der Waals surface area (Å²) in [6.45, 7) is 1.15. The van der Waals surface area contributed by atoms with Crippen LogP contribution in [0.5, 0.6) is 5.75 Å². The van der Waals surface area contributed by atoms with Gasteiger partial charge in [0.05, 0.1) is 13.7 Å². The van der Waals surface area contributed by atoms with Gasteiger partial charge in [-0.25, -0.2) is 18.7 Å². The molecule has 42 heavy (non-hydrogen) atoms. The predicted molar refractivity (Wildman–Crippen MR) is 158 cm³/mol. The summed E-state index contributed by atoms with van der Waals surface area (Å²) in [6.07, 6.45) is 1.46. The molecule has 0 radical (unpaired) electrons. The number of carbonyl (C=O) groups is 1. The zero-order valence-electron chi connectivity index (χ0n) is 22.7. The van der Waals surface area contributed by atoms with Gasteiger partial charge >= 0.3 is 0 Å². The molecule has 8 nitrogen and oxygen atoms in total. The number of aromatic nitrogens is 3. The number of methoxy groups -OCH3 is 1. The van der Waals surface area contributed by atoms with E-state index in [1.54, 1.807) is 19.2 Å². The van der Waals surface area contributed by atoms with E-state index in [0.717, 1.165) is 29.7 Å². The lowest BCUT2D eigenvalue weighted by atomic mass is 10.1. The van der Waals surface area contributed by atoms with Crippen LogP contribution < -0.4 is 20.5 Å². The molecule has 1 N–H and O–H groups in total. The van der Waals surface area contributed by atoms with Crippen LogP contribution in [-0.2, 0) is 17.9 Å². The van der Waals surface area contributed by atoms with E-state index in [2.05, 4.69) is 10.3 Å². The molecule has 0 spiro atoms. The van der Waals surface area contributed by atoms with Crippen molar-refractivity contribution in [3.05, 3.63) is 106 Å². The zero-order valence-corrected chi connectivity index (χ0v) is 23.5. The molecule has 5 aromatic rings. The monoisotopic (exact) mass is 587 g/mol. The molecular weight excluding hydrogens is 560 g/mol. The summed E-state index contributed by atoms with van der Waals surface area (Å²) >= 11 is 1.21. The maximum atomic E-state index is 14.3. The van der Waals surface area contributed by atoms with Crippen LogP contribution in [0.25, 0.3) is 21.7 Å². The number of nitrogens with one attached hydrogen (secondary N) is 1. The molecule has 2 aromatic heterocycles. The lowest BCUT2D eigenvalue weighted by Crippen LogP contribution is -2.43. The standard InChI is InChI=1S/C31H27F2N5O3S/c1-41-22-12-9-20(10-13-22)18-38-27(21-11-14-23(32)24(33)16-21)36-29-26(30(38)40)35-31(42-29)37-15-5-8-25(37)28(39)34-17-19-6-3-2-4-7-19/h2-4,6-7,9-14,16,25H,5,8,15,17-18H2,1H3,(H,34,39)/t25-/m1/s1. The zero-order chi connectivity index (χ0) is 29.2. The first kappa shape index (κ1) is 27.5. The Kier molecular flexibility index (Phi) is 7.66. The van der Waals surface area contributed by atoms with Crippen molar-refractivity contribution in [3.8, 4) is 17.1 Å². The Bertz CT molecular complexity index is 1810. The number of halogens is 2. The molecule has 214 valence electrons. The number of benzene rings is 3. The van der Waals surface area contributed by atoms with E-state index in [-0.39, 0.29) is 29.4 Å². The molecule has 1 atom stereocenters. The average Bonchev–Trinajstić information content (AvgIpc) is 3.67. The summed E-state index contributed by atoms with van der Waals surface area (Å²) in [7, 11) is 1.57. The van der Waals surface area contributed by atoms with Crippen molar-refractivity contribution in [1.82, 2.24) is 19.9 Å². The van der Waals surface area contributed by atoms with Crippen LogP contribution in [0.3, 0.4) is 0 Å². The molecule has 1 aliphatic heterocycles. The molecule has 1 saturated heterocycles. The first-order valence-corrected chi connectivity index (χ1v) is 14.3. The fraction of sp³-hybridized carbons (Fsp3) is 0.226. The van der Waals surface area contributed by atoms with Gasteiger partial charge in [0.15, 0.2) is 27.1 Å². The Morgan fingerprint density at radius 1 is 1.02 bits per heavy atom. The van der Waals surface area contributed by atoms with Gasteiger partial charge in [0, 0.05) is 18.7 Å². The number of hydrogen-bond acceptors (Lipinski definition) is 7. The highest BCUT2D eigenvalue weighted by Crippen LogP contribution is 2.33. The highest BCUT2D eigenvalue weighted by molar-refractivity contribution is 7.21. The molecule has 1 aliphatic rings. The van der Waals surface area contributed by atoms with Crippen molar-refractivity contribution >= 4 is 32.7 Å². The molecule has 1 amide bonds. The summed E-state index contributed by atoms with van der Waals surface area (Å²) in [5.41, 5.74) is 1.79. The minimum atomic E-state index is -1.04. The molecule has 0 aliphatic carbocycles. The number of ether oxygens (including phenoxy) is 1. The summed E-state index contributed by atoms with van der Waals surface area (Å²) < 4.78 is 34.7. The minimum Gasteiger partial charge on any atom is -0.497 e. The van der Waals surface area contributed by atoms with Gasteiger partial charge in [0.1, 0.15) is 17.6 Å². The number of hydrogen-bond donors (Lipinski definition) is 1. The predicted octanol–water partition coefficient (Wildman–Crippen LogP) is 5.14. The maximum absolute atomic E-state index is 14.3. The van der Waals surface area contributed by atoms with Crippen LogP contribution in [0.15, 0.2) is 77.6 Å². The van der Waals surface area contributed by atoms with E-state index in [0.29, 0.717) is 35.2 Å². The molecule has 11 heteroatoms. The molecule has 0 unspecified atom stereocenters. The smallest absolute Gasteiger partial charge is 0.281 e. The van der Waals surface area contributed by atoms with Crippen molar-refractivity contribution in [3.63, 3.8) is 0 Å². The number of thiazole rings is 1. The van der Waals surface area contributed by atoms with Crippen LogP contribution >= 0.6 is 11.3 Å². The first-order chi connectivity index (χ1) is 20.4. The second-order valence-electron chi connectivity index (χ2n) is 10.0. The Morgan fingerprint density at radius 3 is 2.55 bits per heavy atom. The van der Waals surface area contributed by atoms with Gasteiger partial charge in [0.25, 0.3) is 5.56 Å². The van der Waals surface area contributed by atoms with Crippen LogP contribution in [-0.4, -0.2) is 40.1 Å². The molecule has 1 fully saturated rings. The van der Waals surface area contributed by atoms with Gasteiger partial charge in [-0.05, 0) is 54.3 Å². The highest BCUT2D eigenvalue weighted by atomic mass is 32.1. The molecule has 0 bridgehead atoms. The Hall–Kier alpha value is -4.64. The average molecular weight is 588 g/mol. The third kappa shape index (κ3) is 5.47. The van der Waals surface area contributed by atoms with Crippen molar-refractivity contribution in [2.24, 2.45) is 0 Å². The number of carbonyl (C=O) groups excluding carboxylic acids is 1. The van der Waals surface area contributed by atoms with Gasteiger partial charge in [0.2, 0.25) is 5.91 Å². The number of nitrogens with zero attached hydrogens (tertiary/aromatic N) is 4. The highest BCUT2D eigenvalue weighted by Gasteiger charge is 2.33. The van der Waals surface area contributed by atoms with Gasteiger partial charge in [-0.15, -0.1) is 0 Å². The van der Waals surface area contributed by atoms with Crippen LogP contribution in [0.4, 0.5) is 13.9 Å². The molecular formula is C31H27F2N5O3S. The molecule has 3 aromatic carbocycles. The summed E-state index contributed by atoms with van der Waals surface area (Å²) in [6, 6.07) is 19.9. The largest absolute Gasteiger partial charge is 0.497 e. The third-order valence-electron chi connectivity index (χ3n) is 7.30. The fourth-order valence-electron chi connectivity index (χ4n) is 5.11. The quantitative estimate of drug-likeness (QED) is 0.271. The second kappa shape index (κ2) is 11.7. The lowest BCUT2D eigenvalue weighted by molar-refractivity contribution is -0.122. The van der Waals surface area contributed by atoms with E-state index in [1.807, 2.05) is 47.4 Å². The van der Waals surface area contributed by atoms with Crippen molar-refractivity contribution < 1.29 is 18.3 Å². The van der Waals surface area contributed by atoms with E-state index in [9.17, 15) is 18.4 Å². The number of rotatable bonds is 8. The van der Waals surface area contributed by atoms with E-state index < -0.39 is 23.2 Å². The lowest BCUT2D eigenvalue weighted by Gasteiger charge is -2.23. The molecule has 3 heterocycles. The Balaban J connectivity index is 1.37. The Labute approximate surface area is 244 Å². The number of anilines is 1. The van der Waals surface area contributed by atoms with E-state index in [4.69, 9.17) is 9.72 Å². The van der Waals surface area contributed by atoms with Crippen LogP contribution in [0.2, 0.25) is 0 Å². The van der Waals surface area contributed by atoms with E-state index in [1.165, 1.54) is 22.0 Å². The summed E-state index contributed by atoms with van der Waals surface area (Å²) in [5.74, 6) is -1.28. The SMILES string of the molecule is COc1ccc(Cn2c(-c3ccc(F)c(F)c3)nc3sc(N4CCC[C@@H]4C(=O)NCc4ccccc4)nc3c2=O)cc1. The van der Waals surface area contributed by atoms with E-state index >= 15 is 0 Å². The minimum absolute atomic E-state index is 0.108. The van der Waals surface area contributed by atoms with Gasteiger partial charge in [-0.2, -0.15) is 0 Å². The third-order valence-corrected chi connectivity index (χ3v) is 8.28. The van der Waals surface area contributed by atoms with Gasteiger partial charge in [-0.3, -0.25) is 14.2 Å². The topological polar surface area (TPSA) is 89.3 Å². The van der Waals surface area contributed by atoms with Crippen LogP contribution in [0.1, 0.15) is 24.0 Å². The molecule has 0 saturated carbocycles. The van der Waals surface area contributed by atoms with Gasteiger partial charge in [-0.1, -0.05) is 53.8 Å². The van der Waals surface area contributed by atoms with Crippen molar-refractivity contribution in [2.45, 2.75) is 32.0 Å². The maximum Gasteiger partial charge on any atom is 0.281 e. The Morgan fingerprint density at radius 2 is 1.81 bits per heavy atom. The van der Waals surface area contributed by atoms with Crippen LogP contribution in [0, 0.1) is 11.6 Å². The number of amides is 1.